The van der Waals surface area contributed by atoms with Gasteiger partial charge in [0.15, 0.2) is 5.82 Å². The maximum Gasteiger partial charge on any atom is 0.230 e. The van der Waals surface area contributed by atoms with Crippen molar-refractivity contribution in [1.82, 2.24) is 10.1 Å². The fourth-order valence-corrected chi connectivity index (χ4v) is 4.29. The normalized spacial score (nSPS) is 45.8. The Bertz CT molecular complexity index is 414. The Hall–Kier alpha value is -0.570. The number of halogens is 1. The van der Waals surface area contributed by atoms with Crippen LogP contribution in [0.4, 0.5) is 0 Å². The van der Waals surface area contributed by atoms with Crippen LogP contribution in [0.1, 0.15) is 49.2 Å². The van der Waals surface area contributed by atoms with Gasteiger partial charge in [0.2, 0.25) is 5.89 Å². The first-order valence-electron chi connectivity index (χ1n) is 6.23. The third-order valence-electron chi connectivity index (χ3n) is 4.83. The van der Waals surface area contributed by atoms with E-state index in [1.54, 1.807) is 0 Å². The predicted molar refractivity (Wildman–Crippen MR) is 59.1 cm³/mol. The van der Waals surface area contributed by atoms with Gasteiger partial charge in [-0.25, -0.2) is 0 Å². The number of nitrogens with zero attached hydrogens (tertiary/aromatic N) is 2. The maximum atomic E-state index is 5.95. The summed E-state index contributed by atoms with van der Waals surface area (Å²) in [5, 5.41) is 3.81. The highest BCUT2D eigenvalue weighted by molar-refractivity contribution is 6.20. The standard InChI is InChI=1S/C12H15ClN2O/c1-5(13)11-14-12(16-15-11)10-8-6-2-3-7(4-6)9(8)10/h5-10H,2-4H2,1H3. The van der Waals surface area contributed by atoms with Gasteiger partial charge in [-0.3, -0.25) is 0 Å². The monoisotopic (exact) mass is 238 g/mol. The van der Waals surface area contributed by atoms with Crippen molar-refractivity contribution in [2.75, 3.05) is 0 Å². The molecule has 0 aliphatic heterocycles. The molecule has 3 saturated carbocycles. The largest absolute Gasteiger partial charge is 0.339 e. The summed E-state index contributed by atoms with van der Waals surface area (Å²) in [6, 6.07) is 0. The zero-order chi connectivity index (χ0) is 10.9. The summed E-state index contributed by atoms with van der Waals surface area (Å²) in [5.74, 6) is 5.69. The molecule has 16 heavy (non-hydrogen) atoms. The highest BCUT2D eigenvalue weighted by Gasteiger charge is 2.67. The number of alkyl halides is 1. The van der Waals surface area contributed by atoms with E-state index in [4.69, 9.17) is 16.1 Å². The van der Waals surface area contributed by atoms with Crippen molar-refractivity contribution in [2.24, 2.45) is 23.7 Å². The van der Waals surface area contributed by atoms with Crippen LogP contribution in [-0.4, -0.2) is 10.1 Å². The smallest absolute Gasteiger partial charge is 0.230 e. The number of hydrogen-bond acceptors (Lipinski definition) is 3. The van der Waals surface area contributed by atoms with Crippen LogP contribution in [0.3, 0.4) is 0 Å². The first-order valence-corrected chi connectivity index (χ1v) is 6.67. The lowest BCUT2D eigenvalue weighted by Crippen LogP contribution is -1.98. The van der Waals surface area contributed by atoms with E-state index in [1.165, 1.54) is 19.3 Å². The molecule has 0 amide bonds. The molecule has 86 valence electrons. The van der Waals surface area contributed by atoms with Crippen molar-refractivity contribution in [1.29, 1.82) is 0 Å². The van der Waals surface area contributed by atoms with Gasteiger partial charge in [-0.1, -0.05) is 5.16 Å². The van der Waals surface area contributed by atoms with E-state index < -0.39 is 0 Å². The number of rotatable bonds is 2. The van der Waals surface area contributed by atoms with Crippen LogP contribution in [0.25, 0.3) is 0 Å². The fourth-order valence-electron chi connectivity index (χ4n) is 4.20. The second-order valence-corrected chi connectivity index (χ2v) is 6.28. The van der Waals surface area contributed by atoms with E-state index in [0.29, 0.717) is 11.7 Å². The molecule has 4 heteroatoms. The predicted octanol–water partition coefficient (Wildman–Crippen LogP) is 3.13. The van der Waals surface area contributed by atoms with Gasteiger partial charge < -0.3 is 4.52 Å². The fraction of sp³-hybridized carbons (Fsp3) is 0.833. The summed E-state index contributed by atoms with van der Waals surface area (Å²) >= 11 is 5.95. The van der Waals surface area contributed by atoms with Crippen LogP contribution in [0.5, 0.6) is 0 Å². The van der Waals surface area contributed by atoms with Crippen LogP contribution in [-0.2, 0) is 0 Å². The van der Waals surface area contributed by atoms with Crippen molar-refractivity contribution in [3.8, 4) is 0 Å². The summed E-state index contributed by atoms with van der Waals surface area (Å²) in [6.45, 7) is 1.88. The molecule has 0 aromatic carbocycles. The average Bonchev–Trinajstić information content (AvgIpc) is 2.74. The van der Waals surface area contributed by atoms with Gasteiger partial charge in [0.05, 0.1) is 5.38 Å². The summed E-state index contributed by atoms with van der Waals surface area (Å²) in [7, 11) is 0. The summed E-state index contributed by atoms with van der Waals surface area (Å²) in [4.78, 5) is 4.44. The van der Waals surface area contributed by atoms with Gasteiger partial charge in [-0.05, 0) is 49.9 Å². The molecular formula is C12H15ClN2O. The summed E-state index contributed by atoms with van der Waals surface area (Å²) < 4.78 is 5.37. The third-order valence-corrected chi connectivity index (χ3v) is 5.03. The Kier molecular flexibility index (Phi) is 1.78. The molecule has 3 aliphatic rings. The highest BCUT2D eigenvalue weighted by atomic mass is 35.5. The van der Waals surface area contributed by atoms with Crippen LogP contribution in [0.2, 0.25) is 0 Å². The molecule has 0 radical (unpaired) electrons. The molecular weight excluding hydrogens is 224 g/mol. The number of aromatic nitrogens is 2. The zero-order valence-corrected chi connectivity index (χ0v) is 10.0. The maximum absolute atomic E-state index is 5.95. The third kappa shape index (κ3) is 1.10. The topological polar surface area (TPSA) is 38.9 Å². The average molecular weight is 239 g/mol. The van der Waals surface area contributed by atoms with Crippen LogP contribution in [0, 0.1) is 23.7 Å². The second kappa shape index (κ2) is 3.00. The van der Waals surface area contributed by atoms with Gasteiger partial charge in [0.1, 0.15) is 0 Å². The molecule has 1 aromatic heterocycles. The lowest BCUT2D eigenvalue weighted by atomic mass is 10.0. The van der Waals surface area contributed by atoms with Crippen molar-refractivity contribution in [3.05, 3.63) is 11.7 Å². The summed E-state index contributed by atoms with van der Waals surface area (Å²) in [5.41, 5.74) is 0. The Morgan fingerprint density at radius 2 is 2.00 bits per heavy atom. The first-order chi connectivity index (χ1) is 7.75. The molecule has 3 fully saturated rings. The molecule has 0 N–H and O–H groups in total. The second-order valence-electron chi connectivity index (χ2n) is 5.62. The molecule has 4 rings (SSSR count). The molecule has 1 aromatic rings. The molecule has 2 bridgehead atoms. The molecule has 5 atom stereocenters. The molecule has 1 heterocycles. The van der Waals surface area contributed by atoms with E-state index >= 15 is 0 Å². The van der Waals surface area contributed by atoms with Gasteiger partial charge in [-0.15, -0.1) is 11.6 Å². The summed E-state index contributed by atoms with van der Waals surface area (Å²) in [6.07, 6.45) is 4.31. The highest BCUT2D eigenvalue weighted by Crippen LogP contribution is 2.72. The molecule has 0 saturated heterocycles. The van der Waals surface area contributed by atoms with Gasteiger partial charge in [0.25, 0.3) is 0 Å². The minimum atomic E-state index is -0.146. The Labute approximate surface area is 99.6 Å². The van der Waals surface area contributed by atoms with Crippen LogP contribution < -0.4 is 0 Å². The van der Waals surface area contributed by atoms with E-state index in [9.17, 15) is 0 Å². The van der Waals surface area contributed by atoms with Crippen LogP contribution >= 0.6 is 11.6 Å². The SMILES string of the molecule is CC(Cl)c1noc(C2C3C4CCC(C4)C23)n1. The van der Waals surface area contributed by atoms with Crippen molar-refractivity contribution >= 4 is 11.6 Å². The van der Waals surface area contributed by atoms with Gasteiger partial charge in [-0.2, -0.15) is 4.98 Å². The Balaban J connectivity index is 1.59. The molecule has 0 spiro atoms. The molecule has 3 aliphatic carbocycles. The molecule has 3 nitrogen and oxygen atoms in total. The van der Waals surface area contributed by atoms with E-state index in [1.807, 2.05) is 6.92 Å². The Morgan fingerprint density at radius 1 is 1.31 bits per heavy atom. The number of hydrogen-bond donors (Lipinski definition) is 0. The first kappa shape index (κ1) is 9.46. The lowest BCUT2D eigenvalue weighted by molar-refractivity contribution is 0.352. The molecule has 5 unspecified atom stereocenters. The zero-order valence-electron chi connectivity index (χ0n) is 9.27. The van der Waals surface area contributed by atoms with Gasteiger partial charge >= 0.3 is 0 Å². The van der Waals surface area contributed by atoms with Crippen molar-refractivity contribution in [3.63, 3.8) is 0 Å². The van der Waals surface area contributed by atoms with E-state index in [2.05, 4.69) is 10.1 Å². The van der Waals surface area contributed by atoms with E-state index in [0.717, 1.165) is 29.6 Å². The Morgan fingerprint density at radius 3 is 2.56 bits per heavy atom. The van der Waals surface area contributed by atoms with Crippen molar-refractivity contribution < 1.29 is 4.52 Å². The van der Waals surface area contributed by atoms with Crippen molar-refractivity contribution in [2.45, 2.75) is 37.5 Å². The van der Waals surface area contributed by atoms with Gasteiger partial charge in [0, 0.05) is 5.92 Å². The minimum absolute atomic E-state index is 0.146. The number of fused-ring (bicyclic) bond motifs is 5. The van der Waals surface area contributed by atoms with E-state index in [-0.39, 0.29) is 5.38 Å². The minimum Gasteiger partial charge on any atom is -0.339 e. The quantitative estimate of drug-likeness (QED) is 0.743. The van der Waals surface area contributed by atoms with Crippen LogP contribution in [0.15, 0.2) is 4.52 Å². The lowest BCUT2D eigenvalue weighted by Gasteiger charge is -2.04.